The smallest absolute Gasteiger partial charge is 0.243 e. The van der Waals surface area contributed by atoms with Crippen LogP contribution >= 0.6 is 0 Å². The molecule has 0 aliphatic carbocycles. The lowest BCUT2D eigenvalue weighted by Gasteiger charge is -2.22. The highest BCUT2D eigenvalue weighted by Crippen LogP contribution is 2.07. The Bertz CT molecular complexity index is 329. The third-order valence-electron chi connectivity index (χ3n) is 3.19. The van der Waals surface area contributed by atoms with Crippen LogP contribution in [0.5, 0.6) is 0 Å². The van der Waals surface area contributed by atoms with E-state index in [-0.39, 0.29) is 23.8 Å². The van der Waals surface area contributed by atoms with Crippen LogP contribution in [0, 0.1) is 5.92 Å². The molecule has 0 unspecified atom stereocenters. The fourth-order valence-electron chi connectivity index (χ4n) is 2.22. The van der Waals surface area contributed by atoms with Gasteiger partial charge in [-0.3, -0.25) is 9.59 Å². The molecule has 5 heteroatoms. The van der Waals surface area contributed by atoms with Gasteiger partial charge in [-0.1, -0.05) is 20.4 Å². The molecule has 1 fully saturated rings. The molecule has 0 spiro atoms. The van der Waals surface area contributed by atoms with E-state index >= 15 is 0 Å². The molecule has 2 atom stereocenters. The summed E-state index contributed by atoms with van der Waals surface area (Å²) in [4.78, 5) is 24.0. The van der Waals surface area contributed by atoms with Gasteiger partial charge >= 0.3 is 0 Å². The van der Waals surface area contributed by atoms with E-state index in [0.29, 0.717) is 18.9 Å². The second-order valence-electron chi connectivity index (χ2n) is 5.40. The van der Waals surface area contributed by atoms with Crippen LogP contribution in [-0.4, -0.2) is 36.9 Å². The Kier molecular flexibility index (Phi) is 6.56. The second kappa shape index (κ2) is 7.94. The zero-order valence-electron chi connectivity index (χ0n) is 11.9. The van der Waals surface area contributed by atoms with Gasteiger partial charge in [0.25, 0.3) is 0 Å². The number of hydrogen-bond donors (Lipinski definition) is 3. The summed E-state index contributed by atoms with van der Waals surface area (Å²) >= 11 is 0. The summed E-state index contributed by atoms with van der Waals surface area (Å²) in [6.07, 6.45) is 3.86. The summed E-state index contributed by atoms with van der Waals surface area (Å²) in [5.74, 6) is 0.344. The first-order valence-electron chi connectivity index (χ1n) is 6.95. The van der Waals surface area contributed by atoms with Gasteiger partial charge < -0.3 is 16.0 Å². The minimum absolute atomic E-state index is 0.0627. The molecule has 3 N–H and O–H groups in total. The average Bonchev–Trinajstić information content (AvgIpc) is 2.54. The third-order valence-corrected chi connectivity index (χ3v) is 3.19. The standard InChI is InChI=1S/C14H25N3O2/c1-4-16-12(8-10(2)3)14(19)17-11-6-5-7-15-9-13(11)18/h4,10-12,15-16H,1,5-9H2,2-3H3,(H,17,19)/t11-,12-/m0/s1. The maximum Gasteiger partial charge on any atom is 0.243 e. The number of ketones is 1. The first-order valence-corrected chi connectivity index (χ1v) is 6.95. The molecule has 1 heterocycles. The Morgan fingerprint density at radius 2 is 2.32 bits per heavy atom. The van der Waals surface area contributed by atoms with E-state index in [4.69, 9.17) is 0 Å². The Morgan fingerprint density at radius 3 is 2.95 bits per heavy atom. The highest BCUT2D eigenvalue weighted by Gasteiger charge is 2.26. The van der Waals surface area contributed by atoms with Crippen LogP contribution in [0.3, 0.4) is 0 Å². The topological polar surface area (TPSA) is 70.2 Å². The predicted octanol–water partition coefficient (Wildman–Crippen LogP) is 0.571. The summed E-state index contributed by atoms with van der Waals surface area (Å²) in [7, 11) is 0. The maximum atomic E-state index is 12.2. The van der Waals surface area contributed by atoms with Crippen molar-refractivity contribution < 1.29 is 9.59 Å². The summed E-state index contributed by atoms with van der Waals surface area (Å²) in [6, 6.07) is -0.676. The van der Waals surface area contributed by atoms with Crippen molar-refractivity contribution in [1.82, 2.24) is 16.0 Å². The summed E-state index contributed by atoms with van der Waals surface area (Å²) in [5, 5.41) is 8.87. The molecule has 0 bridgehead atoms. The molecule has 0 radical (unpaired) electrons. The lowest BCUT2D eigenvalue weighted by molar-refractivity contribution is -0.128. The van der Waals surface area contributed by atoms with E-state index in [9.17, 15) is 9.59 Å². The van der Waals surface area contributed by atoms with Gasteiger partial charge in [0.2, 0.25) is 5.91 Å². The minimum Gasteiger partial charge on any atom is -0.380 e. The van der Waals surface area contributed by atoms with Crippen LogP contribution in [0.15, 0.2) is 12.8 Å². The summed E-state index contributed by atoms with van der Waals surface area (Å²) in [6.45, 7) is 8.90. The van der Waals surface area contributed by atoms with E-state index in [1.165, 1.54) is 6.20 Å². The number of carbonyl (C=O) groups excluding carboxylic acids is 2. The van der Waals surface area contributed by atoms with Gasteiger partial charge in [0.05, 0.1) is 12.6 Å². The highest BCUT2D eigenvalue weighted by molar-refractivity contribution is 5.92. The lowest BCUT2D eigenvalue weighted by Crippen LogP contribution is -2.50. The number of nitrogens with one attached hydrogen (secondary N) is 3. The van der Waals surface area contributed by atoms with Crippen molar-refractivity contribution in [3.63, 3.8) is 0 Å². The Hall–Kier alpha value is -1.36. The quantitative estimate of drug-likeness (QED) is 0.658. The monoisotopic (exact) mass is 267 g/mol. The van der Waals surface area contributed by atoms with Crippen molar-refractivity contribution in [3.8, 4) is 0 Å². The molecule has 1 aliphatic rings. The molecule has 108 valence electrons. The van der Waals surface area contributed by atoms with E-state index in [0.717, 1.165) is 19.4 Å². The van der Waals surface area contributed by atoms with Gasteiger partial charge in [-0.05, 0) is 37.9 Å². The van der Waals surface area contributed by atoms with Gasteiger partial charge in [0.1, 0.15) is 6.04 Å². The Balaban J connectivity index is 2.58. The molecule has 1 aliphatic heterocycles. The molecule has 0 saturated carbocycles. The van der Waals surface area contributed by atoms with E-state index in [1.54, 1.807) is 0 Å². The first kappa shape index (κ1) is 15.7. The zero-order valence-corrected chi connectivity index (χ0v) is 11.9. The highest BCUT2D eigenvalue weighted by atomic mass is 16.2. The van der Waals surface area contributed by atoms with Crippen molar-refractivity contribution in [2.75, 3.05) is 13.1 Å². The fourth-order valence-corrected chi connectivity index (χ4v) is 2.22. The number of carbonyl (C=O) groups is 2. The van der Waals surface area contributed by atoms with Gasteiger partial charge in [-0.15, -0.1) is 0 Å². The molecule has 0 aromatic heterocycles. The lowest BCUT2D eigenvalue weighted by atomic mass is 10.0. The number of rotatable bonds is 6. The molecule has 5 nitrogen and oxygen atoms in total. The normalized spacial score (nSPS) is 21.6. The van der Waals surface area contributed by atoms with Crippen LogP contribution in [0.1, 0.15) is 33.1 Å². The molecular weight excluding hydrogens is 242 g/mol. The molecule has 0 aromatic carbocycles. The molecule has 1 rings (SSSR count). The fraction of sp³-hybridized carbons (Fsp3) is 0.714. The third kappa shape index (κ3) is 5.42. The SMILES string of the molecule is C=CN[C@@H](CC(C)C)C(=O)N[C@H]1CCCNCC1=O. The molecule has 19 heavy (non-hydrogen) atoms. The van der Waals surface area contributed by atoms with Crippen LogP contribution in [0.4, 0.5) is 0 Å². The molecular formula is C14H25N3O2. The molecule has 0 aromatic rings. The van der Waals surface area contributed by atoms with Crippen LogP contribution in [0.2, 0.25) is 0 Å². The van der Waals surface area contributed by atoms with Gasteiger partial charge in [-0.2, -0.15) is 0 Å². The van der Waals surface area contributed by atoms with Crippen molar-refractivity contribution >= 4 is 11.7 Å². The minimum atomic E-state index is -0.358. The first-order chi connectivity index (χ1) is 9.04. The molecule has 1 amide bonds. The number of Topliss-reactive ketones (excluding diaryl/α,β-unsaturated/α-hetero) is 1. The largest absolute Gasteiger partial charge is 0.380 e. The van der Waals surface area contributed by atoms with Gasteiger partial charge in [0, 0.05) is 0 Å². The predicted molar refractivity (Wildman–Crippen MR) is 75.6 cm³/mol. The van der Waals surface area contributed by atoms with Gasteiger partial charge in [-0.25, -0.2) is 0 Å². The van der Waals surface area contributed by atoms with Crippen LogP contribution in [0.25, 0.3) is 0 Å². The molecule has 1 saturated heterocycles. The Labute approximate surface area is 115 Å². The summed E-state index contributed by atoms with van der Waals surface area (Å²) < 4.78 is 0. The number of hydrogen-bond acceptors (Lipinski definition) is 4. The zero-order chi connectivity index (χ0) is 14.3. The van der Waals surface area contributed by atoms with Crippen molar-refractivity contribution in [2.45, 2.75) is 45.2 Å². The van der Waals surface area contributed by atoms with E-state index < -0.39 is 0 Å². The van der Waals surface area contributed by atoms with Crippen molar-refractivity contribution in [3.05, 3.63) is 12.8 Å². The Morgan fingerprint density at radius 1 is 1.58 bits per heavy atom. The van der Waals surface area contributed by atoms with E-state index in [2.05, 4.69) is 36.4 Å². The van der Waals surface area contributed by atoms with Crippen LogP contribution in [-0.2, 0) is 9.59 Å². The number of amides is 1. The maximum absolute atomic E-state index is 12.2. The second-order valence-corrected chi connectivity index (χ2v) is 5.40. The van der Waals surface area contributed by atoms with Crippen LogP contribution < -0.4 is 16.0 Å². The van der Waals surface area contributed by atoms with Gasteiger partial charge in [0.15, 0.2) is 5.78 Å². The van der Waals surface area contributed by atoms with Crippen molar-refractivity contribution in [2.24, 2.45) is 5.92 Å². The van der Waals surface area contributed by atoms with E-state index in [1.807, 2.05) is 0 Å². The summed E-state index contributed by atoms with van der Waals surface area (Å²) in [5.41, 5.74) is 0. The average molecular weight is 267 g/mol. The van der Waals surface area contributed by atoms with Crippen molar-refractivity contribution in [1.29, 1.82) is 0 Å².